The molecule has 36 heavy (non-hydrogen) atoms. The van der Waals surface area contributed by atoms with Crippen molar-refractivity contribution in [2.75, 3.05) is 31.6 Å². The highest BCUT2D eigenvalue weighted by molar-refractivity contribution is 5.89. The maximum Gasteiger partial charge on any atom is 0.321 e. The smallest absolute Gasteiger partial charge is 0.321 e. The molecule has 0 aliphatic carbocycles. The second-order valence-corrected chi connectivity index (χ2v) is 9.41. The Bertz CT molecular complexity index is 1240. The lowest BCUT2D eigenvalue weighted by atomic mass is 9.74. The highest BCUT2D eigenvalue weighted by atomic mass is 19.1. The number of benzene rings is 3. The number of rotatable bonds is 3. The van der Waals surface area contributed by atoms with Crippen LogP contribution in [0.25, 0.3) is 0 Å². The van der Waals surface area contributed by atoms with Crippen LogP contribution in [0.4, 0.5) is 14.9 Å². The Morgan fingerprint density at radius 1 is 0.917 bits per heavy atom. The van der Waals surface area contributed by atoms with Crippen molar-refractivity contribution in [3.8, 4) is 11.8 Å². The molecule has 3 atom stereocenters. The predicted molar refractivity (Wildman–Crippen MR) is 139 cm³/mol. The van der Waals surface area contributed by atoms with Crippen molar-refractivity contribution < 1.29 is 14.3 Å². The number of nitrogens with one attached hydrogen (secondary N) is 1. The average Bonchev–Trinajstić information content (AvgIpc) is 2.89. The number of anilines is 1. The summed E-state index contributed by atoms with van der Waals surface area (Å²) < 4.78 is 13.2. The van der Waals surface area contributed by atoms with E-state index >= 15 is 0 Å². The van der Waals surface area contributed by atoms with Crippen LogP contribution < -0.4 is 5.32 Å². The van der Waals surface area contributed by atoms with Crippen LogP contribution in [0.1, 0.15) is 35.4 Å². The second kappa shape index (κ2) is 10.9. The van der Waals surface area contributed by atoms with Crippen LogP contribution in [0.5, 0.6) is 0 Å². The highest BCUT2D eigenvalue weighted by Crippen LogP contribution is 2.42. The Morgan fingerprint density at radius 2 is 1.58 bits per heavy atom. The number of hydrogen-bond donors (Lipinski definition) is 2. The van der Waals surface area contributed by atoms with Gasteiger partial charge in [0.15, 0.2) is 0 Å². The molecule has 0 aromatic heterocycles. The molecule has 2 N–H and O–H groups in total. The van der Waals surface area contributed by atoms with Gasteiger partial charge in [-0.2, -0.15) is 0 Å². The van der Waals surface area contributed by atoms with Crippen molar-refractivity contribution in [3.63, 3.8) is 0 Å². The van der Waals surface area contributed by atoms with E-state index in [9.17, 15) is 14.3 Å². The van der Waals surface area contributed by atoms with Gasteiger partial charge >= 0.3 is 6.03 Å². The van der Waals surface area contributed by atoms with Gasteiger partial charge in [0.05, 0.1) is 6.61 Å². The molecular weight excluding hydrogens is 453 g/mol. The van der Waals surface area contributed by atoms with Crippen LogP contribution in [-0.4, -0.2) is 59.3 Å². The molecule has 6 heteroatoms. The van der Waals surface area contributed by atoms with Crippen LogP contribution in [0.2, 0.25) is 0 Å². The largest absolute Gasteiger partial charge is 0.395 e. The maximum absolute atomic E-state index is 13.2. The fourth-order valence-corrected chi connectivity index (χ4v) is 5.32. The Balaban J connectivity index is 1.31. The summed E-state index contributed by atoms with van der Waals surface area (Å²) in [6.45, 7) is 2.24. The first-order valence-corrected chi connectivity index (χ1v) is 12.5. The quantitative estimate of drug-likeness (QED) is 0.532. The van der Waals surface area contributed by atoms with E-state index in [0.717, 1.165) is 36.1 Å². The van der Waals surface area contributed by atoms with Crippen molar-refractivity contribution in [3.05, 3.63) is 101 Å². The average molecular weight is 484 g/mol. The van der Waals surface area contributed by atoms with Crippen molar-refractivity contribution in [1.29, 1.82) is 0 Å². The number of carbonyl (C=O) groups is 1. The molecule has 5 nitrogen and oxygen atoms in total. The lowest BCUT2D eigenvalue weighted by Gasteiger charge is -2.57. The van der Waals surface area contributed by atoms with Gasteiger partial charge in [-0.1, -0.05) is 42.2 Å². The van der Waals surface area contributed by atoms with E-state index < -0.39 is 0 Å². The molecule has 184 valence electrons. The second-order valence-electron chi connectivity index (χ2n) is 9.41. The van der Waals surface area contributed by atoms with Gasteiger partial charge in [-0.3, -0.25) is 4.90 Å². The van der Waals surface area contributed by atoms with Gasteiger partial charge in [-0.25, -0.2) is 9.18 Å². The van der Waals surface area contributed by atoms with E-state index in [1.807, 2.05) is 47.4 Å². The predicted octanol–water partition coefficient (Wildman–Crippen LogP) is 4.68. The molecule has 2 saturated heterocycles. The zero-order valence-electron chi connectivity index (χ0n) is 20.1. The van der Waals surface area contributed by atoms with Gasteiger partial charge in [0.2, 0.25) is 0 Å². The minimum atomic E-state index is -0.334. The van der Waals surface area contributed by atoms with E-state index in [1.54, 1.807) is 12.1 Å². The van der Waals surface area contributed by atoms with Crippen molar-refractivity contribution >= 4 is 11.7 Å². The van der Waals surface area contributed by atoms with E-state index in [1.165, 1.54) is 12.1 Å². The molecule has 0 spiro atoms. The maximum atomic E-state index is 13.2. The van der Waals surface area contributed by atoms with Gasteiger partial charge < -0.3 is 15.3 Å². The fourth-order valence-electron chi connectivity index (χ4n) is 5.32. The molecule has 3 aromatic carbocycles. The summed E-state index contributed by atoms with van der Waals surface area (Å²) in [6, 6.07) is 24.0. The Labute approximate surface area is 211 Å². The number of aliphatic hydroxyl groups excluding tert-OH is 1. The molecule has 0 saturated carbocycles. The zero-order chi connectivity index (χ0) is 24.9. The summed E-state index contributed by atoms with van der Waals surface area (Å²) in [5.74, 6) is 6.20. The molecule has 2 heterocycles. The minimum Gasteiger partial charge on any atom is -0.395 e. The Hall–Kier alpha value is -3.66. The van der Waals surface area contributed by atoms with E-state index in [-0.39, 0.29) is 36.5 Å². The summed E-state index contributed by atoms with van der Waals surface area (Å²) in [5.41, 5.74) is 3.65. The molecule has 2 aliphatic rings. The van der Waals surface area contributed by atoms with Crippen LogP contribution in [0.3, 0.4) is 0 Å². The lowest BCUT2D eigenvalue weighted by molar-refractivity contribution is -0.0585. The van der Waals surface area contributed by atoms with E-state index in [0.29, 0.717) is 18.8 Å². The van der Waals surface area contributed by atoms with Crippen LogP contribution in [0, 0.1) is 17.7 Å². The Morgan fingerprint density at radius 3 is 2.28 bits per heavy atom. The summed E-state index contributed by atoms with van der Waals surface area (Å²) >= 11 is 0. The molecule has 0 bridgehead atoms. The van der Waals surface area contributed by atoms with Crippen molar-refractivity contribution in [2.45, 2.75) is 30.8 Å². The number of nitrogens with zero attached hydrogens (tertiary/aromatic N) is 2. The number of hydrogen-bond acceptors (Lipinski definition) is 3. The SMILES string of the molecule is O=C(Nc1ccc(F)cc1)N1CCCCN2[C@H](C1)[C@@H](c1ccc(C#Cc3ccccc3)cc1)[C@@H]2CO. The summed E-state index contributed by atoms with van der Waals surface area (Å²) in [4.78, 5) is 17.2. The molecule has 0 radical (unpaired) electrons. The molecule has 0 unspecified atom stereocenters. The molecule has 3 aromatic rings. The number of fused-ring (bicyclic) bond motifs is 1. The fraction of sp³-hybridized carbons (Fsp3) is 0.300. The molecule has 5 rings (SSSR count). The van der Waals surface area contributed by atoms with Crippen LogP contribution >= 0.6 is 0 Å². The third-order valence-electron chi connectivity index (χ3n) is 7.17. The lowest BCUT2D eigenvalue weighted by Crippen LogP contribution is -2.68. The van der Waals surface area contributed by atoms with Crippen molar-refractivity contribution in [2.24, 2.45) is 0 Å². The molecule has 2 aliphatic heterocycles. The van der Waals surface area contributed by atoms with Gasteiger partial charge in [0.25, 0.3) is 0 Å². The highest BCUT2D eigenvalue weighted by Gasteiger charge is 2.49. The zero-order valence-corrected chi connectivity index (χ0v) is 20.1. The first-order chi connectivity index (χ1) is 17.6. The van der Waals surface area contributed by atoms with Crippen LogP contribution in [-0.2, 0) is 0 Å². The Kier molecular flexibility index (Phi) is 7.31. The minimum absolute atomic E-state index is 0.0383. The van der Waals surface area contributed by atoms with Gasteiger partial charge in [0, 0.05) is 47.9 Å². The van der Waals surface area contributed by atoms with Crippen molar-refractivity contribution in [1.82, 2.24) is 9.80 Å². The topological polar surface area (TPSA) is 55.8 Å². The number of urea groups is 1. The first-order valence-electron chi connectivity index (χ1n) is 12.5. The number of aliphatic hydroxyl groups is 1. The standard InChI is InChI=1S/C30H30FN3O2/c31-25-14-16-26(17-15-25)32-30(36)33-18-4-5-19-34-27(20-33)29(28(34)21-35)24-12-10-23(11-13-24)9-8-22-6-2-1-3-7-22/h1-3,6-7,10-17,27-29,35H,4-5,18-21H2,(H,32,36)/t27-,28+,29-/m1/s1. The van der Waals surface area contributed by atoms with E-state index in [2.05, 4.69) is 34.2 Å². The molecular formula is C30H30FN3O2. The number of amides is 2. The third kappa shape index (κ3) is 5.28. The van der Waals surface area contributed by atoms with Gasteiger partial charge in [0.1, 0.15) is 5.82 Å². The molecule has 2 fully saturated rings. The summed E-state index contributed by atoms with van der Waals surface area (Å²) in [6.07, 6.45) is 1.87. The van der Waals surface area contributed by atoms with E-state index in [4.69, 9.17) is 0 Å². The normalized spacial score (nSPS) is 21.7. The summed E-state index contributed by atoms with van der Waals surface area (Å²) in [7, 11) is 0. The first kappa shape index (κ1) is 24.1. The third-order valence-corrected chi connectivity index (χ3v) is 7.17. The monoisotopic (exact) mass is 483 g/mol. The number of halogens is 1. The van der Waals surface area contributed by atoms with Crippen LogP contribution in [0.15, 0.2) is 78.9 Å². The van der Waals surface area contributed by atoms with Gasteiger partial charge in [-0.15, -0.1) is 0 Å². The molecule has 2 amide bonds. The van der Waals surface area contributed by atoms with Gasteiger partial charge in [-0.05, 0) is 73.5 Å². The summed E-state index contributed by atoms with van der Waals surface area (Å²) in [5, 5.41) is 13.1. The number of carbonyl (C=O) groups excluding carboxylic acids is 1.